The zero-order valence-electron chi connectivity index (χ0n) is 13.0. The number of amides is 1. The lowest BCUT2D eigenvalue weighted by Crippen LogP contribution is -2.34. The fraction of sp³-hybridized carbons (Fsp3) is 0.278. The molecule has 2 heterocycles. The molecule has 114 valence electrons. The molecule has 0 unspecified atom stereocenters. The van der Waals surface area contributed by atoms with Gasteiger partial charge in [-0.3, -0.25) is 4.79 Å². The molecule has 0 saturated heterocycles. The minimum atomic E-state index is -0.0500. The Hall–Kier alpha value is -2.07. The van der Waals surface area contributed by atoms with E-state index in [0.717, 1.165) is 11.1 Å². The summed E-state index contributed by atoms with van der Waals surface area (Å²) in [6.45, 7) is 3.89. The molecule has 0 saturated carbocycles. The van der Waals surface area contributed by atoms with Crippen LogP contribution in [0.5, 0.6) is 0 Å². The number of nitrogens with zero attached hydrogens (tertiary/aromatic N) is 1. The number of thiophene rings is 1. The molecule has 0 aliphatic rings. The molecule has 4 heteroatoms. The van der Waals surface area contributed by atoms with Gasteiger partial charge >= 0.3 is 0 Å². The highest BCUT2D eigenvalue weighted by molar-refractivity contribution is 7.10. The van der Waals surface area contributed by atoms with Crippen molar-refractivity contribution in [3.05, 3.63) is 58.4 Å². The molecule has 0 spiro atoms. The van der Waals surface area contributed by atoms with E-state index in [1.165, 1.54) is 10.3 Å². The highest BCUT2D eigenvalue weighted by Gasteiger charge is 2.27. The average molecular weight is 312 g/mol. The zero-order valence-corrected chi connectivity index (χ0v) is 13.9. The number of nitrogens with one attached hydrogen (secondary N) is 1. The van der Waals surface area contributed by atoms with E-state index < -0.39 is 0 Å². The fourth-order valence-electron chi connectivity index (χ4n) is 2.85. The van der Waals surface area contributed by atoms with E-state index >= 15 is 0 Å². The summed E-state index contributed by atoms with van der Waals surface area (Å²) in [5, 5.41) is 3.23. The molecule has 0 aliphatic heterocycles. The molecule has 3 aromatic rings. The number of aromatic amines is 1. The number of hydrogen-bond acceptors (Lipinski definition) is 2. The molecule has 0 fully saturated rings. The van der Waals surface area contributed by atoms with Gasteiger partial charge in [-0.2, -0.15) is 0 Å². The van der Waals surface area contributed by atoms with Crippen LogP contribution in [-0.2, 0) is 4.79 Å². The third-order valence-corrected chi connectivity index (χ3v) is 4.88. The molecule has 1 atom stereocenters. The van der Waals surface area contributed by atoms with Gasteiger partial charge in [0.25, 0.3) is 0 Å². The Bertz CT molecular complexity index is 773. The van der Waals surface area contributed by atoms with Crippen molar-refractivity contribution >= 4 is 28.1 Å². The molecule has 1 aromatic carbocycles. The van der Waals surface area contributed by atoms with Crippen molar-refractivity contribution < 1.29 is 4.79 Å². The van der Waals surface area contributed by atoms with Gasteiger partial charge in [0.2, 0.25) is 5.91 Å². The van der Waals surface area contributed by atoms with Gasteiger partial charge in [0.05, 0.1) is 6.04 Å². The largest absolute Gasteiger partial charge is 0.361 e. The predicted molar refractivity (Wildman–Crippen MR) is 92.1 cm³/mol. The van der Waals surface area contributed by atoms with Crippen molar-refractivity contribution in [2.24, 2.45) is 5.92 Å². The minimum absolute atomic E-state index is 0.0160. The Labute approximate surface area is 134 Å². The van der Waals surface area contributed by atoms with Gasteiger partial charge in [0, 0.05) is 40.5 Å². The summed E-state index contributed by atoms with van der Waals surface area (Å²) in [7, 11) is 1.90. The summed E-state index contributed by atoms with van der Waals surface area (Å²) in [6.07, 6.45) is 2.03. The summed E-state index contributed by atoms with van der Waals surface area (Å²) in [4.78, 5) is 18.9. The molecule has 0 radical (unpaired) electrons. The van der Waals surface area contributed by atoms with Crippen LogP contribution in [0.2, 0.25) is 0 Å². The maximum atomic E-state index is 12.5. The summed E-state index contributed by atoms with van der Waals surface area (Å²) in [5.41, 5.74) is 2.25. The first kappa shape index (κ1) is 14.9. The summed E-state index contributed by atoms with van der Waals surface area (Å²) in [5.74, 6) is 0.140. The van der Waals surface area contributed by atoms with Crippen molar-refractivity contribution in [3.63, 3.8) is 0 Å². The van der Waals surface area contributed by atoms with Gasteiger partial charge in [-0.05, 0) is 17.5 Å². The van der Waals surface area contributed by atoms with Crippen molar-refractivity contribution in [3.8, 4) is 0 Å². The van der Waals surface area contributed by atoms with Gasteiger partial charge in [0.15, 0.2) is 0 Å². The summed E-state index contributed by atoms with van der Waals surface area (Å²) in [6, 6.07) is 12.3. The molecule has 0 bridgehead atoms. The average Bonchev–Trinajstić information content (AvgIpc) is 3.17. The Morgan fingerprint density at radius 3 is 2.64 bits per heavy atom. The monoisotopic (exact) mass is 312 g/mol. The minimum Gasteiger partial charge on any atom is -0.361 e. The van der Waals surface area contributed by atoms with E-state index in [4.69, 9.17) is 0 Å². The second-order valence-corrected chi connectivity index (χ2v) is 6.79. The van der Waals surface area contributed by atoms with Gasteiger partial charge in [-0.1, -0.05) is 38.1 Å². The molecular formula is C18H20N2OS. The number of para-hydroxylation sites is 1. The molecule has 1 amide bonds. The number of benzene rings is 1. The van der Waals surface area contributed by atoms with E-state index in [9.17, 15) is 4.79 Å². The number of hydrogen-bond donors (Lipinski definition) is 1. The lowest BCUT2D eigenvalue weighted by Gasteiger charge is -2.29. The summed E-state index contributed by atoms with van der Waals surface area (Å²) < 4.78 is 0. The molecule has 1 N–H and O–H groups in total. The number of carbonyl (C=O) groups is 1. The maximum Gasteiger partial charge on any atom is 0.225 e. The van der Waals surface area contributed by atoms with Crippen LogP contribution < -0.4 is 0 Å². The first-order chi connectivity index (χ1) is 10.6. The molecular weight excluding hydrogens is 292 g/mol. The van der Waals surface area contributed by atoms with Crippen LogP contribution in [0.3, 0.4) is 0 Å². The smallest absolute Gasteiger partial charge is 0.225 e. The first-order valence-electron chi connectivity index (χ1n) is 7.45. The van der Waals surface area contributed by atoms with Crippen LogP contribution in [0.4, 0.5) is 0 Å². The van der Waals surface area contributed by atoms with Crippen molar-refractivity contribution in [1.29, 1.82) is 0 Å². The number of rotatable bonds is 4. The van der Waals surface area contributed by atoms with Crippen LogP contribution in [0, 0.1) is 5.92 Å². The number of carbonyl (C=O) groups excluding carboxylic acids is 1. The van der Waals surface area contributed by atoms with Gasteiger partial charge in [-0.25, -0.2) is 0 Å². The Balaban J connectivity index is 2.12. The molecule has 22 heavy (non-hydrogen) atoms. The SMILES string of the molecule is CC(C)C(=O)N(C)[C@H](c1cccs1)c1c[nH]c2ccccc12. The van der Waals surface area contributed by atoms with Crippen molar-refractivity contribution in [2.45, 2.75) is 19.9 Å². The fourth-order valence-corrected chi connectivity index (χ4v) is 3.74. The predicted octanol–water partition coefficient (Wildman–Crippen LogP) is 4.43. The first-order valence-corrected chi connectivity index (χ1v) is 8.33. The van der Waals surface area contributed by atoms with E-state index in [-0.39, 0.29) is 17.9 Å². The van der Waals surface area contributed by atoms with Gasteiger partial charge < -0.3 is 9.88 Å². The number of fused-ring (bicyclic) bond motifs is 1. The highest BCUT2D eigenvalue weighted by Crippen LogP contribution is 2.35. The summed E-state index contributed by atoms with van der Waals surface area (Å²) >= 11 is 1.69. The maximum absolute atomic E-state index is 12.5. The Morgan fingerprint density at radius 2 is 1.95 bits per heavy atom. The van der Waals surface area contributed by atoms with Crippen LogP contribution in [0.15, 0.2) is 48.0 Å². The second-order valence-electron chi connectivity index (χ2n) is 5.81. The van der Waals surface area contributed by atoms with Crippen molar-refractivity contribution in [1.82, 2.24) is 9.88 Å². The quantitative estimate of drug-likeness (QED) is 0.760. The number of aromatic nitrogens is 1. The molecule has 3 rings (SSSR count). The third-order valence-electron chi connectivity index (χ3n) is 3.96. The van der Waals surface area contributed by atoms with Crippen LogP contribution >= 0.6 is 11.3 Å². The topological polar surface area (TPSA) is 36.1 Å². The van der Waals surface area contributed by atoms with Gasteiger partial charge in [0.1, 0.15) is 0 Å². The number of H-pyrrole nitrogens is 1. The highest BCUT2D eigenvalue weighted by atomic mass is 32.1. The van der Waals surface area contributed by atoms with Crippen LogP contribution in [0.25, 0.3) is 10.9 Å². The van der Waals surface area contributed by atoms with Crippen LogP contribution in [0.1, 0.15) is 30.3 Å². The Kier molecular flexibility index (Phi) is 4.03. The van der Waals surface area contributed by atoms with E-state index in [0.29, 0.717) is 0 Å². The zero-order chi connectivity index (χ0) is 15.7. The molecule has 0 aliphatic carbocycles. The normalized spacial score (nSPS) is 12.7. The van der Waals surface area contributed by atoms with Gasteiger partial charge in [-0.15, -0.1) is 11.3 Å². The standard InChI is InChI=1S/C18H20N2OS/c1-12(2)18(21)20(3)17(16-9-6-10-22-16)14-11-19-15-8-5-4-7-13(14)15/h4-12,17,19H,1-3H3/t17-/m0/s1. The third kappa shape index (κ3) is 2.55. The van der Waals surface area contributed by atoms with E-state index in [1.807, 2.05) is 50.2 Å². The van der Waals surface area contributed by atoms with Crippen LogP contribution in [-0.4, -0.2) is 22.8 Å². The Morgan fingerprint density at radius 1 is 1.18 bits per heavy atom. The van der Waals surface area contributed by atoms with E-state index in [2.05, 4.69) is 28.6 Å². The molecule has 2 aromatic heterocycles. The molecule has 3 nitrogen and oxygen atoms in total. The second kappa shape index (κ2) is 5.97. The van der Waals surface area contributed by atoms with E-state index in [1.54, 1.807) is 11.3 Å². The lowest BCUT2D eigenvalue weighted by molar-refractivity contribution is -0.134. The lowest BCUT2D eigenvalue weighted by atomic mass is 10.0. The van der Waals surface area contributed by atoms with Crippen molar-refractivity contribution in [2.75, 3.05) is 7.05 Å².